The average Bonchev–Trinajstić information content (AvgIpc) is 2.83. The lowest BCUT2D eigenvalue weighted by Gasteiger charge is -2.15. The smallest absolute Gasteiger partial charge is 0.242 e. The number of hydrogen-bond acceptors (Lipinski definition) is 5. The molecule has 5 heteroatoms. The summed E-state index contributed by atoms with van der Waals surface area (Å²) >= 11 is 0. The fraction of sp³-hybridized carbons (Fsp3) is 0.286. The monoisotopic (exact) mass is 256 g/mol. The Balaban J connectivity index is 1.78. The molecule has 3 rings (SSSR count). The van der Waals surface area contributed by atoms with E-state index in [1.54, 1.807) is 7.11 Å². The number of nitrogens with zero attached hydrogens (tertiary/aromatic N) is 2. The highest BCUT2D eigenvalue weighted by molar-refractivity contribution is 5.67. The van der Waals surface area contributed by atoms with Crippen LogP contribution in [0.15, 0.2) is 30.6 Å². The maximum atomic E-state index is 5.96. The summed E-state index contributed by atoms with van der Waals surface area (Å²) in [5, 5.41) is 3.37. The standard InChI is InChI=1S/C14H16N4O/c1-19-14-12(15)13(16-8-17-14)18-11-6-9-4-2-3-5-10(9)7-11/h2-5,8,11H,6-7,15H2,1H3,(H,16,17,18). The molecule has 0 aliphatic heterocycles. The van der Waals surface area contributed by atoms with Crippen LogP contribution in [0.3, 0.4) is 0 Å². The summed E-state index contributed by atoms with van der Waals surface area (Å²) in [7, 11) is 1.55. The highest BCUT2D eigenvalue weighted by Gasteiger charge is 2.22. The van der Waals surface area contributed by atoms with E-state index in [0.717, 1.165) is 12.8 Å². The van der Waals surface area contributed by atoms with E-state index in [-0.39, 0.29) is 0 Å². The quantitative estimate of drug-likeness (QED) is 0.873. The highest BCUT2D eigenvalue weighted by atomic mass is 16.5. The van der Waals surface area contributed by atoms with E-state index in [9.17, 15) is 0 Å². The van der Waals surface area contributed by atoms with Gasteiger partial charge in [0.25, 0.3) is 0 Å². The third kappa shape index (κ3) is 2.19. The normalized spacial score (nSPS) is 14.2. The summed E-state index contributed by atoms with van der Waals surface area (Å²) in [5.41, 5.74) is 9.20. The van der Waals surface area contributed by atoms with Crippen LogP contribution < -0.4 is 15.8 Å². The number of aromatic nitrogens is 2. The number of ether oxygens (including phenoxy) is 1. The lowest BCUT2D eigenvalue weighted by atomic mass is 10.1. The minimum Gasteiger partial charge on any atom is -0.479 e. The number of nitrogens with one attached hydrogen (secondary N) is 1. The maximum absolute atomic E-state index is 5.96. The molecule has 0 unspecified atom stereocenters. The second-order valence-corrected chi connectivity index (χ2v) is 4.66. The van der Waals surface area contributed by atoms with Crippen molar-refractivity contribution in [2.24, 2.45) is 0 Å². The largest absolute Gasteiger partial charge is 0.479 e. The minimum absolute atomic E-state index is 0.319. The average molecular weight is 256 g/mol. The number of benzene rings is 1. The number of hydrogen-bond donors (Lipinski definition) is 2. The van der Waals surface area contributed by atoms with Crippen molar-refractivity contribution in [1.82, 2.24) is 9.97 Å². The van der Waals surface area contributed by atoms with Crippen LogP contribution in [0, 0.1) is 0 Å². The number of methoxy groups -OCH3 is 1. The van der Waals surface area contributed by atoms with Gasteiger partial charge in [0.2, 0.25) is 5.88 Å². The summed E-state index contributed by atoms with van der Waals surface area (Å²) < 4.78 is 5.10. The summed E-state index contributed by atoms with van der Waals surface area (Å²) in [6, 6.07) is 8.80. The molecule has 19 heavy (non-hydrogen) atoms. The molecule has 0 bridgehead atoms. The molecule has 0 radical (unpaired) electrons. The fourth-order valence-electron chi connectivity index (χ4n) is 2.51. The minimum atomic E-state index is 0.319. The van der Waals surface area contributed by atoms with Gasteiger partial charge in [-0.15, -0.1) is 0 Å². The Morgan fingerprint density at radius 2 is 1.89 bits per heavy atom. The van der Waals surface area contributed by atoms with E-state index in [2.05, 4.69) is 39.6 Å². The van der Waals surface area contributed by atoms with Crippen LogP contribution in [-0.2, 0) is 12.8 Å². The van der Waals surface area contributed by atoms with Gasteiger partial charge in [-0.1, -0.05) is 24.3 Å². The fourth-order valence-corrected chi connectivity index (χ4v) is 2.51. The first-order valence-electron chi connectivity index (χ1n) is 6.25. The molecule has 0 saturated carbocycles. The summed E-state index contributed by atoms with van der Waals surface area (Å²) in [6.45, 7) is 0. The van der Waals surface area contributed by atoms with Crippen molar-refractivity contribution in [1.29, 1.82) is 0 Å². The van der Waals surface area contributed by atoms with Crippen molar-refractivity contribution in [2.45, 2.75) is 18.9 Å². The summed E-state index contributed by atoms with van der Waals surface area (Å²) in [5.74, 6) is 1.05. The van der Waals surface area contributed by atoms with Crippen molar-refractivity contribution in [3.63, 3.8) is 0 Å². The van der Waals surface area contributed by atoms with Crippen LogP contribution in [-0.4, -0.2) is 23.1 Å². The Kier molecular flexibility index (Phi) is 2.95. The third-order valence-electron chi connectivity index (χ3n) is 3.43. The van der Waals surface area contributed by atoms with Gasteiger partial charge in [0, 0.05) is 6.04 Å². The van der Waals surface area contributed by atoms with Crippen LogP contribution in [0.4, 0.5) is 11.5 Å². The predicted octanol–water partition coefficient (Wildman–Crippen LogP) is 1.65. The van der Waals surface area contributed by atoms with Gasteiger partial charge in [0.05, 0.1) is 7.11 Å². The van der Waals surface area contributed by atoms with E-state index in [0.29, 0.717) is 23.4 Å². The van der Waals surface area contributed by atoms with Gasteiger partial charge in [-0.05, 0) is 24.0 Å². The Hall–Kier alpha value is -2.30. The molecule has 0 saturated heterocycles. The molecule has 0 spiro atoms. The van der Waals surface area contributed by atoms with Gasteiger partial charge in [-0.3, -0.25) is 0 Å². The molecular formula is C14H16N4O. The lowest BCUT2D eigenvalue weighted by Crippen LogP contribution is -2.21. The molecular weight excluding hydrogens is 240 g/mol. The zero-order valence-electron chi connectivity index (χ0n) is 10.8. The van der Waals surface area contributed by atoms with Crippen molar-refractivity contribution in [2.75, 3.05) is 18.2 Å². The molecule has 5 nitrogen and oxygen atoms in total. The van der Waals surface area contributed by atoms with Gasteiger partial charge in [0.15, 0.2) is 5.82 Å². The van der Waals surface area contributed by atoms with E-state index >= 15 is 0 Å². The number of anilines is 2. The zero-order valence-corrected chi connectivity index (χ0v) is 10.8. The first kappa shape index (κ1) is 11.8. The molecule has 1 aliphatic rings. The number of fused-ring (bicyclic) bond motifs is 1. The predicted molar refractivity (Wildman–Crippen MR) is 74.3 cm³/mol. The maximum Gasteiger partial charge on any atom is 0.242 e. The van der Waals surface area contributed by atoms with Gasteiger partial charge >= 0.3 is 0 Å². The molecule has 1 aliphatic carbocycles. The van der Waals surface area contributed by atoms with Gasteiger partial charge in [-0.25, -0.2) is 4.98 Å². The molecule has 98 valence electrons. The number of nitrogens with two attached hydrogens (primary N) is 1. The highest BCUT2D eigenvalue weighted by Crippen LogP contribution is 2.28. The van der Waals surface area contributed by atoms with Gasteiger partial charge in [0.1, 0.15) is 12.0 Å². The first-order valence-corrected chi connectivity index (χ1v) is 6.25. The van der Waals surface area contributed by atoms with Crippen molar-refractivity contribution < 1.29 is 4.74 Å². The topological polar surface area (TPSA) is 73.1 Å². The molecule has 1 aromatic heterocycles. The van der Waals surface area contributed by atoms with Crippen molar-refractivity contribution in [3.05, 3.63) is 41.7 Å². The summed E-state index contributed by atoms with van der Waals surface area (Å²) in [6.07, 6.45) is 3.43. The van der Waals surface area contributed by atoms with E-state index in [1.807, 2.05) is 0 Å². The molecule has 2 aromatic rings. The SMILES string of the molecule is COc1ncnc(NC2Cc3ccccc3C2)c1N. The molecule has 0 fully saturated rings. The first-order chi connectivity index (χ1) is 9.28. The second kappa shape index (κ2) is 4.76. The summed E-state index contributed by atoms with van der Waals surface area (Å²) in [4.78, 5) is 8.16. The zero-order chi connectivity index (χ0) is 13.2. The van der Waals surface area contributed by atoms with E-state index < -0.39 is 0 Å². The Morgan fingerprint density at radius 3 is 2.53 bits per heavy atom. The number of rotatable bonds is 3. The van der Waals surface area contributed by atoms with E-state index in [1.165, 1.54) is 17.5 Å². The van der Waals surface area contributed by atoms with Crippen LogP contribution >= 0.6 is 0 Å². The van der Waals surface area contributed by atoms with Gasteiger partial charge < -0.3 is 15.8 Å². The Labute approximate surface area is 111 Å². The van der Waals surface area contributed by atoms with Crippen molar-refractivity contribution in [3.8, 4) is 5.88 Å². The van der Waals surface area contributed by atoms with Gasteiger partial charge in [-0.2, -0.15) is 4.98 Å². The molecule has 1 aromatic carbocycles. The molecule has 3 N–H and O–H groups in total. The van der Waals surface area contributed by atoms with E-state index in [4.69, 9.17) is 10.5 Å². The Morgan fingerprint density at radius 1 is 1.21 bits per heavy atom. The van der Waals surface area contributed by atoms with Crippen LogP contribution in [0.1, 0.15) is 11.1 Å². The lowest BCUT2D eigenvalue weighted by molar-refractivity contribution is 0.399. The third-order valence-corrected chi connectivity index (χ3v) is 3.43. The molecule has 0 atom stereocenters. The van der Waals surface area contributed by atoms with Crippen molar-refractivity contribution >= 4 is 11.5 Å². The molecule has 0 amide bonds. The van der Waals surface area contributed by atoms with Crippen LogP contribution in [0.2, 0.25) is 0 Å². The van der Waals surface area contributed by atoms with Crippen LogP contribution in [0.25, 0.3) is 0 Å². The number of nitrogen functional groups attached to an aromatic ring is 1. The second-order valence-electron chi connectivity index (χ2n) is 4.66. The van der Waals surface area contributed by atoms with Crippen LogP contribution in [0.5, 0.6) is 5.88 Å². The Bertz CT molecular complexity index is 575. The molecule has 1 heterocycles.